The first kappa shape index (κ1) is 16.8. The molecule has 0 radical (unpaired) electrons. The molecule has 0 aliphatic rings. The van der Waals surface area contributed by atoms with Gasteiger partial charge in [-0.3, -0.25) is 14.5 Å². The van der Waals surface area contributed by atoms with Crippen LogP contribution in [0.1, 0.15) is 0 Å². The van der Waals surface area contributed by atoms with Crippen LogP contribution in [0.5, 0.6) is 0 Å². The number of carbonyl (C=O) groups excluding carboxylic acids is 2. The number of rotatable bonds is 10. The Kier molecular flexibility index (Phi) is 10.2. The standard InChI is InChI=1S/C11H21NO6/c1-15-6-7-18-5-4-12(8-10(13)16-2)9-11(14)17-3/h4-9H2,1-3H3. The van der Waals surface area contributed by atoms with Crippen molar-refractivity contribution in [2.45, 2.75) is 0 Å². The van der Waals surface area contributed by atoms with Crippen molar-refractivity contribution in [1.29, 1.82) is 0 Å². The Bertz CT molecular complexity index is 228. The summed E-state index contributed by atoms with van der Waals surface area (Å²) in [4.78, 5) is 23.9. The summed E-state index contributed by atoms with van der Waals surface area (Å²) < 4.78 is 19.2. The summed E-state index contributed by atoms with van der Waals surface area (Å²) >= 11 is 0. The topological polar surface area (TPSA) is 74.3 Å². The van der Waals surface area contributed by atoms with Crippen LogP contribution < -0.4 is 0 Å². The zero-order valence-electron chi connectivity index (χ0n) is 11.1. The van der Waals surface area contributed by atoms with Crippen molar-refractivity contribution >= 4 is 11.9 Å². The van der Waals surface area contributed by atoms with Crippen molar-refractivity contribution < 1.29 is 28.5 Å². The average molecular weight is 263 g/mol. The second-order valence-corrected chi connectivity index (χ2v) is 3.47. The van der Waals surface area contributed by atoms with Gasteiger partial charge in [0, 0.05) is 13.7 Å². The highest BCUT2D eigenvalue weighted by atomic mass is 16.5. The number of methoxy groups -OCH3 is 3. The van der Waals surface area contributed by atoms with Crippen LogP contribution >= 0.6 is 0 Å². The molecule has 0 aromatic carbocycles. The number of ether oxygens (including phenoxy) is 4. The van der Waals surface area contributed by atoms with Gasteiger partial charge in [-0.1, -0.05) is 0 Å². The van der Waals surface area contributed by atoms with Gasteiger partial charge < -0.3 is 18.9 Å². The molecule has 0 saturated carbocycles. The van der Waals surface area contributed by atoms with E-state index in [4.69, 9.17) is 9.47 Å². The van der Waals surface area contributed by atoms with E-state index in [1.165, 1.54) is 14.2 Å². The molecule has 0 unspecified atom stereocenters. The maximum atomic E-state index is 11.2. The summed E-state index contributed by atoms with van der Waals surface area (Å²) in [7, 11) is 4.19. The molecule has 106 valence electrons. The van der Waals surface area contributed by atoms with Crippen LogP contribution in [0, 0.1) is 0 Å². The fourth-order valence-electron chi connectivity index (χ4n) is 1.15. The quantitative estimate of drug-likeness (QED) is 0.381. The number of esters is 2. The largest absolute Gasteiger partial charge is 0.468 e. The molecule has 0 spiro atoms. The Hall–Kier alpha value is -1.18. The lowest BCUT2D eigenvalue weighted by Crippen LogP contribution is -2.37. The molecule has 0 aromatic rings. The maximum absolute atomic E-state index is 11.2. The molecular weight excluding hydrogens is 242 g/mol. The molecule has 0 N–H and O–H groups in total. The van der Waals surface area contributed by atoms with Gasteiger partial charge in [0.1, 0.15) is 0 Å². The number of hydrogen-bond donors (Lipinski definition) is 0. The van der Waals surface area contributed by atoms with E-state index < -0.39 is 11.9 Å². The van der Waals surface area contributed by atoms with Gasteiger partial charge in [-0.2, -0.15) is 0 Å². The first-order valence-corrected chi connectivity index (χ1v) is 5.56. The first-order chi connectivity index (χ1) is 8.63. The smallest absolute Gasteiger partial charge is 0.319 e. The van der Waals surface area contributed by atoms with Crippen LogP contribution in [0.2, 0.25) is 0 Å². The highest BCUT2D eigenvalue weighted by molar-refractivity contribution is 5.74. The van der Waals surface area contributed by atoms with Crippen molar-refractivity contribution in [3.05, 3.63) is 0 Å². The predicted molar refractivity (Wildman–Crippen MR) is 63.2 cm³/mol. The molecule has 0 amide bonds. The number of nitrogens with zero attached hydrogens (tertiary/aromatic N) is 1. The highest BCUT2D eigenvalue weighted by Gasteiger charge is 2.14. The van der Waals surface area contributed by atoms with Gasteiger partial charge in [-0.25, -0.2) is 0 Å². The fourth-order valence-corrected chi connectivity index (χ4v) is 1.15. The van der Waals surface area contributed by atoms with Gasteiger partial charge in [0.15, 0.2) is 0 Å². The second kappa shape index (κ2) is 10.9. The molecular formula is C11H21NO6. The van der Waals surface area contributed by atoms with E-state index in [-0.39, 0.29) is 13.1 Å². The highest BCUT2D eigenvalue weighted by Crippen LogP contribution is 1.92. The first-order valence-electron chi connectivity index (χ1n) is 5.56. The minimum atomic E-state index is -0.407. The molecule has 0 aromatic heterocycles. The van der Waals surface area contributed by atoms with E-state index in [2.05, 4.69) is 9.47 Å². The zero-order valence-corrected chi connectivity index (χ0v) is 11.1. The lowest BCUT2D eigenvalue weighted by molar-refractivity contribution is -0.145. The molecule has 7 heteroatoms. The van der Waals surface area contributed by atoms with E-state index in [1.54, 1.807) is 12.0 Å². The van der Waals surface area contributed by atoms with E-state index in [1.807, 2.05) is 0 Å². The summed E-state index contributed by atoms with van der Waals surface area (Å²) in [6.45, 7) is 1.87. The van der Waals surface area contributed by atoms with Crippen LogP contribution in [-0.2, 0) is 28.5 Å². The van der Waals surface area contributed by atoms with Gasteiger partial charge >= 0.3 is 11.9 Å². The van der Waals surface area contributed by atoms with Gasteiger partial charge in [0.25, 0.3) is 0 Å². The monoisotopic (exact) mass is 263 g/mol. The average Bonchev–Trinajstić information content (AvgIpc) is 2.37. The van der Waals surface area contributed by atoms with Gasteiger partial charge in [0.2, 0.25) is 0 Å². The Morgan fingerprint density at radius 1 is 0.889 bits per heavy atom. The minimum absolute atomic E-state index is 0.0270. The van der Waals surface area contributed by atoms with E-state index in [0.29, 0.717) is 26.4 Å². The third-order valence-electron chi connectivity index (χ3n) is 2.14. The zero-order chi connectivity index (χ0) is 13.8. The predicted octanol–water partition coefficient (Wildman–Crippen LogP) is -0.703. The summed E-state index contributed by atoms with van der Waals surface area (Å²) in [6.07, 6.45) is 0. The number of hydrogen-bond acceptors (Lipinski definition) is 7. The lowest BCUT2D eigenvalue weighted by Gasteiger charge is -2.19. The third-order valence-corrected chi connectivity index (χ3v) is 2.14. The van der Waals surface area contributed by atoms with Gasteiger partial charge in [0.05, 0.1) is 47.1 Å². The Labute approximate surface area is 107 Å². The summed E-state index contributed by atoms with van der Waals surface area (Å²) in [5.74, 6) is -0.813. The fraction of sp³-hybridized carbons (Fsp3) is 0.818. The van der Waals surface area contributed by atoms with Crippen molar-refractivity contribution in [3.63, 3.8) is 0 Å². The van der Waals surface area contributed by atoms with E-state index in [9.17, 15) is 9.59 Å². The van der Waals surface area contributed by atoms with Crippen molar-refractivity contribution in [2.75, 3.05) is 60.8 Å². The normalized spacial score (nSPS) is 10.4. The maximum Gasteiger partial charge on any atom is 0.319 e. The molecule has 0 aliphatic carbocycles. The van der Waals surface area contributed by atoms with Gasteiger partial charge in [-0.15, -0.1) is 0 Å². The summed E-state index contributed by atoms with van der Waals surface area (Å²) in [5.41, 5.74) is 0. The van der Waals surface area contributed by atoms with Crippen LogP contribution in [0.3, 0.4) is 0 Å². The molecule has 0 heterocycles. The Morgan fingerprint density at radius 2 is 1.44 bits per heavy atom. The molecule has 7 nitrogen and oxygen atoms in total. The summed E-state index contributed by atoms with van der Waals surface area (Å²) in [6, 6.07) is 0. The molecule has 0 aliphatic heterocycles. The summed E-state index contributed by atoms with van der Waals surface area (Å²) in [5, 5.41) is 0. The molecule has 18 heavy (non-hydrogen) atoms. The minimum Gasteiger partial charge on any atom is -0.468 e. The van der Waals surface area contributed by atoms with Crippen LogP contribution in [0.4, 0.5) is 0 Å². The van der Waals surface area contributed by atoms with Crippen LogP contribution in [-0.4, -0.2) is 77.6 Å². The van der Waals surface area contributed by atoms with E-state index in [0.717, 1.165) is 0 Å². The SMILES string of the molecule is COCCOCCN(CC(=O)OC)CC(=O)OC. The van der Waals surface area contributed by atoms with Crippen molar-refractivity contribution in [1.82, 2.24) is 4.90 Å². The van der Waals surface area contributed by atoms with E-state index >= 15 is 0 Å². The van der Waals surface area contributed by atoms with Crippen LogP contribution in [0.15, 0.2) is 0 Å². The molecule has 0 bridgehead atoms. The molecule has 0 atom stereocenters. The second-order valence-electron chi connectivity index (χ2n) is 3.47. The Balaban J connectivity index is 3.96. The number of carbonyl (C=O) groups is 2. The van der Waals surface area contributed by atoms with Crippen LogP contribution in [0.25, 0.3) is 0 Å². The van der Waals surface area contributed by atoms with Gasteiger partial charge in [-0.05, 0) is 0 Å². The lowest BCUT2D eigenvalue weighted by atomic mass is 10.4. The van der Waals surface area contributed by atoms with Crippen molar-refractivity contribution in [2.24, 2.45) is 0 Å². The molecule has 0 saturated heterocycles. The Morgan fingerprint density at radius 3 is 1.89 bits per heavy atom. The third kappa shape index (κ3) is 8.91. The van der Waals surface area contributed by atoms with Crippen molar-refractivity contribution in [3.8, 4) is 0 Å². The molecule has 0 fully saturated rings. The molecule has 0 rings (SSSR count).